The molecule has 0 aliphatic heterocycles. The molecule has 0 bridgehead atoms. The molecule has 0 rings (SSSR count). The van der Waals surface area contributed by atoms with Gasteiger partial charge in [-0.25, -0.2) is 4.79 Å². The summed E-state index contributed by atoms with van der Waals surface area (Å²) in [5.41, 5.74) is -0.149. The van der Waals surface area contributed by atoms with Crippen molar-refractivity contribution < 1.29 is 22.8 Å². The van der Waals surface area contributed by atoms with Gasteiger partial charge in [-0.15, -0.1) is 0 Å². The smallest absolute Gasteiger partial charge is 0.454 e. The second kappa shape index (κ2) is 8.42. The maximum Gasteiger partial charge on any atom is 0.543 e. The summed E-state index contributed by atoms with van der Waals surface area (Å²) in [5.74, 6) is -0.445. The topological polar surface area (TPSA) is 54.0 Å². The monoisotopic (exact) mass is 276 g/mol. The van der Waals surface area contributed by atoms with Crippen LogP contribution in [0.5, 0.6) is 0 Å². The SMILES string of the molecule is C=C(C)C(=O)OC(CCCC)[Si](OC)(OC)OC. The maximum atomic E-state index is 11.6. The molecular formula is C12H24O5Si. The molecule has 0 saturated heterocycles. The van der Waals surface area contributed by atoms with Crippen LogP contribution in [0.25, 0.3) is 0 Å². The van der Waals surface area contributed by atoms with E-state index < -0.39 is 20.5 Å². The summed E-state index contributed by atoms with van der Waals surface area (Å²) in [7, 11) is 1.54. The molecule has 0 fully saturated rings. The molecule has 0 heterocycles. The Morgan fingerprint density at radius 2 is 1.72 bits per heavy atom. The highest BCUT2D eigenvalue weighted by atomic mass is 28.4. The van der Waals surface area contributed by atoms with E-state index in [4.69, 9.17) is 18.0 Å². The van der Waals surface area contributed by atoms with Crippen molar-refractivity contribution in [2.45, 2.75) is 38.8 Å². The lowest BCUT2D eigenvalue weighted by Gasteiger charge is -2.31. The van der Waals surface area contributed by atoms with Crippen LogP contribution in [-0.2, 0) is 22.8 Å². The van der Waals surface area contributed by atoms with Gasteiger partial charge in [-0.2, -0.15) is 0 Å². The van der Waals surface area contributed by atoms with Crippen LogP contribution in [0.3, 0.4) is 0 Å². The van der Waals surface area contributed by atoms with Gasteiger partial charge in [0.1, 0.15) is 0 Å². The Hall–Kier alpha value is -0.693. The molecule has 0 aliphatic rings. The molecule has 1 unspecified atom stereocenters. The van der Waals surface area contributed by atoms with Gasteiger partial charge in [-0.1, -0.05) is 26.3 Å². The van der Waals surface area contributed by atoms with E-state index in [-0.39, 0.29) is 0 Å². The van der Waals surface area contributed by atoms with Gasteiger partial charge in [0, 0.05) is 26.9 Å². The number of unbranched alkanes of at least 4 members (excludes halogenated alkanes) is 1. The molecule has 0 aromatic carbocycles. The third-order valence-corrected chi connectivity index (χ3v) is 5.57. The van der Waals surface area contributed by atoms with Gasteiger partial charge in [0.2, 0.25) is 0 Å². The number of esters is 1. The van der Waals surface area contributed by atoms with E-state index >= 15 is 0 Å². The van der Waals surface area contributed by atoms with Gasteiger partial charge in [0.15, 0.2) is 5.73 Å². The predicted molar refractivity (Wildman–Crippen MR) is 71.0 cm³/mol. The van der Waals surface area contributed by atoms with Crippen LogP contribution in [0.1, 0.15) is 33.1 Å². The highest BCUT2D eigenvalue weighted by Gasteiger charge is 2.50. The quantitative estimate of drug-likeness (QED) is 0.367. The summed E-state index contributed by atoms with van der Waals surface area (Å²) in [4.78, 5) is 11.6. The molecule has 5 nitrogen and oxygen atoms in total. The molecule has 18 heavy (non-hydrogen) atoms. The standard InChI is InChI=1S/C12H24O5Si/c1-7-8-9-11(17-12(13)10(2)3)18(14-4,15-5)16-6/h11H,2,7-9H2,1,3-6H3. The van der Waals surface area contributed by atoms with Crippen LogP contribution in [0.2, 0.25) is 0 Å². The molecule has 0 amide bonds. The summed E-state index contributed by atoms with van der Waals surface area (Å²) in [6, 6.07) is 0. The van der Waals surface area contributed by atoms with Gasteiger partial charge in [0.05, 0.1) is 0 Å². The first-order valence-corrected chi connectivity index (χ1v) is 7.79. The van der Waals surface area contributed by atoms with Gasteiger partial charge < -0.3 is 18.0 Å². The molecule has 1 atom stereocenters. The largest absolute Gasteiger partial charge is 0.543 e. The average molecular weight is 276 g/mol. The van der Waals surface area contributed by atoms with Crippen LogP contribution in [0.4, 0.5) is 0 Å². The number of carbonyl (C=O) groups is 1. The van der Waals surface area contributed by atoms with Gasteiger partial charge in [0.25, 0.3) is 0 Å². The number of hydrogen-bond acceptors (Lipinski definition) is 5. The first-order chi connectivity index (χ1) is 8.47. The molecule has 0 aromatic rings. The summed E-state index contributed by atoms with van der Waals surface area (Å²) >= 11 is 0. The third-order valence-electron chi connectivity index (χ3n) is 2.67. The van der Waals surface area contributed by atoms with Crippen molar-refractivity contribution in [2.75, 3.05) is 21.3 Å². The number of ether oxygens (including phenoxy) is 1. The molecular weight excluding hydrogens is 252 g/mol. The zero-order valence-electron chi connectivity index (χ0n) is 11.9. The van der Waals surface area contributed by atoms with Gasteiger partial charge >= 0.3 is 14.8 Å². The molecule has 0 radical (unpaired) electrons. The lowest BCUT2D eigenvalue weighted by Crippen LogP contribution is -2.56. The fourth-order valence-electron chi connectivity index (χ4n) is 1.57. The first kappa shape index (κ1) is 17.3. The average Bonchev–Trinajstić information content (AvgIpc) is 2.37. The van der Waals surface area contributed by atoms with Gasteiger partial charge in [-0.05, 0) is 13.3 Å². The molecule has 6 heteroatoms. The van der Waals surface area contributed by atoms with E-state index in [1.165, 1.54) is 21.3 Å². The Balaban J connectivity index is 4.94. The number of carbonyl (C=O) groups excluding carboxylic acids is 1. The minimum absolute atomic E-state index is 0.350. The summed E-state index contributed by atoms with van der Waals surface area (Å²) < 4.78 is 21.5. The van der Waals surface area contributed by atoms with E-state index in [0.717, 1.165) is 12.8 Å². The fraction of sp³-hybridized carbons (Fsp3) is 0.750. The Bertz CT molecular complexity index is 267. The second-order valence-corrected chi connectivity index (χ2v) is 7.11. The Kier molecular flexibility index (Phi) is 8.09. The molecule has 0 N–H and O–H groups in total. The lowest BCUT2D eigenvalue weighted by atomic mass is 10.2. The Morgan fingerprint density at radius 3 is 2.06 bits per heavy atom. The van der Waals surface area contributed by atoms with E-state index in [1.54, 1.807) is 6.92 Å². The number of rotatable bonds is 9. The maximum absolute atomic E-state index is 11.6. The van der Waals surface area contributed by atoms with E-state index in [1.807, 2.05) is 0 Å². The number of hydrogen-bond donors (Lipinski definition) is 0. The van der Waals surface area contributed by atoms with Crippen LogP contribution >= 0.6 is 0 Å². The lowest BCUT2D eigenvalue weighted by molar-refractivity contribution is -0.144. The fourth-order valence-corrected chi connectivity index (χ4v) is 3.67. The minimum Gasteiger partial charge on any atom is -0.454 e. The van der Waals surface area contributed by atoms with Crippen molar-refractivity contribution in [2.24, 2.45) is 0 Å². The molecule has 0 spiro atoms. The summed E-state index contributed by atoms with van der Waals surface area (Å²) in [6.45, 7) is 7.24. The Morgan fingerprint density at radius 1 is 1.22 bits per heavy atom. The van der Waals surface area contributed by atoms with Crippen molar-refractivity contribution in [1.82, 2.24) is 0 Å². The van der Waals surface area contributed by atoms with Crippen LogP contribution < -0.4 is 0 Å². The second-order valence-electron chi connectivity index (χ2n) is 4.03. The molecule has 0 aliphatic carbocycles. The van der Waals surface area contributed by atoms with E-state index in [0.29, 0.717) is 12.0 Å². The van der Waals surface area contributed by atoms with Crippen molar-refractivity contribution in [3.05, 3.63) is 12.2 Å². The van der Waals surface area contributed by atoms with E-state index in [9.17, 15) is 4.79 Å². The van der Waals surface area contributed by atoms with Crippen LogP contribution in [0, 0.1) is 0 Å². The van der Waals surface area contributed by atoms with Crippen LogP contribution in [-0.4, -0.2) is 41.8 Å². The summed E-state index contributed by atoms with van der Waals surface area (Å²) in [6.07, 6.45) is 2.54. The van der Waals surface area contributed by atoms with Gasteiger partial charge in [-0.3, -0.25) is 0 Å². The van der Waals surface area contributed by atoms with Crippen molar-refractivity contribution in [3.63, 3.8) is 0 Å². The highest BCUT2D eigenvalue weighted by Crippen LogP contribution is 2.21. The predicted octanol–water partition coefficient (Wildman–Crippen LogP) is 2.08. The first-order valence-electron chi connectivity index (χ1n) is 5.99. The molecule has 106 valence electrons. The Labute approximate surface area is 110 Å². The summed E-state index contributed by atoms with van der Waals surface area (Å²) in [5, 5.41) is 0. The molecule has 0 saturated carbocycles. The highest BCUT2D eigenvalue weighted by molar-refractivity contribution is 6.62. The molecule has 0 aromatic heterocycles. The van der Waals surface area contributed by atoms with Crippen molar-refractivity contribution >= 4 is 14.8 Å². The minimum atomic E-state index is -2.98. The van der Waals surface area contributed by atoms with E-state index in [2.05, 4.69) is 13.5 Å². The third kappa shape index (κ3) is 4.53. The normalized spacial score (nSPS) is 13.2. The van der Waals surface area contributed by atoms with Crippen molar-refractivity contribution in [1.29, 1.82) is 0 Å². The zero-order chi connectivity index (χ0) is 14.2. The van der Waals surface area contributed by atoms with Crippen LogP contribution in [0.15, 0.2) is 12.2 Å². The van der Waals surface area contributed by atoms with Crippen molar-refractivity contribution in [3.8, 4) is 0 Å². The zero-order valence-corrected chi connectivity index (χ0v) is 12.9.